The van der Waals surface area contributed by atoms with Crippen LogP contribution in [0.3, 0.4) is 0 Å². The van der Waals surface area contributed by atoms with E-state index in [4.69, 9.17) is 5.26 Å². The quantitative estimate of drug-likeness (QED) is 0.797. The molecule has 0 aliphatic heterocycles. The van der Waals surface area contributed by atoms with E-state index < -0.39 is 0 Å². The molecule has 0 atom stereocenters. The van der Waals surface area contributed by atoms with Crippen LogP contribution >= 0.6 is 27.5 Å². The third-order valence-corrected chi connectivity index (χ3v) is 2.95. The van der Waals surface area contributed by atoms with Crippen LogP contribution in [0.15, 0.2) is 28.7 Å². The largest absolute Gasteiger partial charge is 0.214 e. The number of rotatable bonds is 1. The Balaban J connectivity index is 2.51. The summed E-state index contributed by atoms with van der Waals surface area (Å²) >= 11 is 4.52. The number of aromatic nitrogens is 2. The van der Waals surface area contributed by atoms with Gasteiger partial charge in [0.1, 0.15) is 6.07 Å². The van der Waals surface area contributed by atoms with E-state index in [1.54, 1.807) is 0 Å². The monoisotopic (exact) mass is 265 g/mol. The Kier molecular flexibility index (Phi) is 2.57. The first kappa shape index (κ1) is 9.31. The molecular weight excluding hydrogens is 262 g/mol. The molecule has 0 unspecified atom stereocenters. The fourth-order valence-corrected chi connectivity index (χ4v) is 1.96. The molecule has 3 nitrogen and oxygen atoms in total. The third-order valence-electron chi connectivity index (χ3n) is 1.64. The molecule has 0 aliphatic rings. The Bertz CT molecular complexity index is 501. The van der Waals surface area contributed by atoms with Crippen LogP contribution < -0.4 is 0 Å². The summed E-state index contributed by atoms with van der Waals surface area (Å²) in [5.41, 5.74) is 0.908. The van der Waals surface area contributed by atoms with E-state index in [9.17, 15) is 0 Å². The molecule has 0 saturated carbocycles. The van der Waals surface area contributed by atoms with E-state index in [1.807, 2.05) is 30.3 Å². The first-order valence-corrected chi connectivity index (χ1v) is 5.36. The number of hydrogen-bond acceptors (Lipinski definition) is 4. The van der Waals surface area contributed by atoms with Gasteiger partial charge < -0.3 is 0 Å². The van der Waals surface area contributed by atoms with Crippen molar-refractivity contribution in [2.45, 2.75) is 0 Å². The summed E-state index contributed by atoms with van der Waals surface area (Å²) in [6.07, 6.45) is 0. The van der Waals surface area contributed by atoms with E-state index in [0.29, 0.717) is 10.8 Å². The Labute approximate surface area is 93.3 Å². The van der Waals surface area contributed by atoms with Crippen LogP contribution in [0.4, 0.5) is 0 Å². The fourth-order valence-electron chi connectivity index (χ4n) is 1.02. The number of halogens is 1. The van der Waals surface area contributed by atoms with Crippen LogP contribution in [0, 0.1) is 11.3 Å². The summed E-state index contributed by atoms with van der Waals surface area (Å²) < 4.78 is 5.03. The van der Waals surface area contributed by atoms with Crippen molar-refractivity contribution in [2.24, 2.45) is 0 Å². The van der Waals surface area contributed by atoms with Crippen LogP contribution in [-0.4, -0.2) is 9.36 Å². The SMILES string of the molecule is N#Cc1nc(-c2ccccc2Br)ns1. The van der Waals surface area contributed by atoms with Gasteiger partial charge in [0.15, 0.2) is 5.82 Å². The molecule has 0 amide bonds. The lowest BCUT2D eigenvalue weighted by Gasteiger charge is -1.96. The second-order valence-electron chi connectivity index (χ2n) is 2.51. The van der Waals surface area contributed by atoms with Gasteiger partial charge in [-0.05, 0) is 17.6 Å². The summed E-state index contributed by atoms with van der Waals surface area (Å²) in [5.74, 6) is 0.596. The molecule has 0 radical (unpaired) electrons. The lowest BCUT2D eigenvalue weighted by molar-refractivity contribution is 1.29. The van der Waals surface area contributed by atoms with E-state index >= 15 is 0 Å². The van der Waals surface area contributed by atoms with Crippen molar-refractivity contribution in [3.8, 4) is 17.5 Å². The summed E-state index contributed by atoms with van der Waals surface area (Å²) in [4.78, 5) is 4.08. The molecule has 2 aromatic rings. The van der Waals surface area contributed by atoms with E-state index in [2.05, 4.69) is 25.3 Å². The smallest absolute Gasteiger partial charge is 0.204 e. The van der Waals surface area contributed by atoms with Gasteiger partial charge in [-0.3, -0.25) is 0 Å². The molecular formula is C9H4BrN3S. The summed E-state index contributed by atoms with van der Waals surface area (Å²) in [5, 5.41) is 9.00. The van der Waals surface area contributed by atoms with Gasteiger partial charge in [-0.25, -0.2) is 4.98 Å². The number of nitriles is 1. The lowest BCUT2D eigenvalue weighted by Crippen LogP contribution is -1.81. The maximum atomic E-state index is 8.61. The molecule has 1 aromatic carbocycles. The lowest BCUT2D eigenvalue weighted by atomic mass is 10.2. The molecule has 0 aliphatic carbocycles. The maximum absolute atomic E-state index is 8.61. The zero-order valence-electron chi connectivity index (χ0n) is 6.94. The molecule has 1 aromatic heterocycles. The fraction of sp³-hybridized carbons (Fsp3) is 0. The van der Waals surface area contributed by atoms with Gasteiger partial charge in [0.25, 0.3) is 0 Å². The Morgan fingerprint density at radius 3 is 2.79 bits per heavy atom. The van der Waals surface area contributed by atoms with E-state index in [1.165, 1.54) is 0 Å². The topological polar surface area (TPSA) is 49.6 Å². The average Bonchev–Trinajstić information content (AvgIpc) is 2.67. The Hall–Kier alpha value is -1.25. The van der Waals surface area contributed by atoms with E-state index in [0.717, 1.165) is 21.6 Å². The van der Waals surface area contributed by atoms with E-state index in [-0.39, 0.29) is 0 Å². The molecule has 0 fully saturated rings. The van der Waals surface area contributed by atoms with Crippen molar-refractivity contribution >= 4 is 27.5 Å². The van der Waals surface area contributed by atoms with Crippen LogP contribution in [0.2, 0.25) is 0 Å². The van der Waals surface area contributed by atoms with Crippen molar-refractivity contribution in [3.05, 3.63) is 33.7 Å². The van der Waals surface area contributed by atoms with Gasteiger partial charge in [0, 0.05) is 10.0 Å². The molecule has 0 N–H and O–H groups in total. The predicted octanol–water partition coefficient (Wildman–Crippen LogP) is 2.84. The molecule has 0 saturated heterocycles. The van der Waals surface area contributed by atoms with Crippen molar-refractivity contribution in [2.75, 3.05) is 0 Å². The summed E-state index contributed by atoms with van der Waals surface area (Å²) in [6, 6.07) is 9.63. The number of hydrogen-bond donors (Lipinski definition) is 0. The molecule has 0 spiro atoms. The highest BCUT2D eigenvalue weighted by atomic mass is 79.9. The Morgan fingerprint density at radius 2 is 2.14 bits per heavy atom. The Morgan fingerprint density at radius 1 is 1.36 bits per heavy atom. The zero-order valence-corrected chi connectivity index (χ0v) is 9.34. The average molecular weight is 266 g/mol. The van der Waals surface area contributed by atoms with Crippen LogP contribution in [0.5, 0.6) is 0 Å². The minimum atomic E-state index is 0.385. The van der Waals surface area contributed by atoms with Crippen LogP contribution in [-0.2, 0) is 0 Å². The van der Waals surface area contributed by atoms with Gasteiger partial charge in [-0.2, -0.15) is 9.64 Å². The first-order chi connectivity index (χ1) is 6.81. The van der Waals surface area contributed by atoms with Gasteiger partial charge >= 0.3 is 0 Å². The summed E-state index contributed by atoms with van der Waals surface area (Å²) in [7, 11) is 0. The number of benzene rings is 1. The minimum Gasteiger partial charge on any atom is -0.204 e. The molecule has 2 rings (SSSR count). The predicted molar refractivity (Wildman–Crippen MR) is 57.8 cm³/mol. The van der Waals surface area contributed by atoms with Crippen molar-refractivity contribution in [3.63, 3.8) is 0 Å². The maximum Gasteiger partial charge on any atom is 0.214 e. The third kappa shape index (κ3) is 1.67. The zero-order chi connectivity index (χ0) is 9.97. The number of nitrogens with zero attached hydrogens (tertiary/aromatic N) is 3. The molecule has 1 heterocycles. The molecule has 14 heavy (non-hydrogen) atoms. The van der Waals surface area contributed by atoms with Crippen LogP contribution in [0.1, 0.15) is 5.01 Å². The first-order valence-electron chi connectivity index (χ1n) is 3.80. The molecule has 68 valence electrons. The normalized spacial score (nSPS) is 9.71. The van der Waals surface area contributed by atoms with Crippen molar-refractivity contribution in [1.82, 2.24) is 9.36 Å². The van der Waals surface area contributed by atoms with Gasteiger partial charge in [0.05, 0.1) is 0 Å². The standard InChI is InChI=1S/C9H4BrN3S/c10-7-4-2-1-3-6(7)9-12-8(5-11)14-13-9/h1-4H. The van der Waals surface area contributed by atoms with Gasteiger partial charge in [-0.15, -0.1) is 0 Å². The summed E-state index contributed by atoms with van der Waals surface area (Å²) in [6.45, 7) is 0. The second-order valence-corrected chi connectivity index (χ2v) is 4.12. The van der Waals surface area contributed by atoms with Gasteiger partial charge in [0.2, 0.25) is 5.01 Å². The molecule has 5 heteroatoms. The van der Waals surface area contributed by atoms with Crippen molar-refractivity contribution in [1.29, 1.82) is 5.26 Å². The van der Waals surface area contributed by atoms with Gasteiger partial charge in [-0.1, -0.05) is 34.1 Å². The molecule has 0 bridgehead atoms. The van der Waals surface area contributed by atoms with Crippen LogP contribution in [0.25, 0.3) is 11.4 Å². The minimum absolute atomic E-state index is 0.385. The highest BCUT2D eigenvalue weighted by Crippen LogP contribution is 2.26. The second kappa shape index (κ2) is 3.86. The highest BCUT2D eigenvalue weighted by molar-refractivity contribution is 9.10. The highest BCUT2D eigenvalue weighted by Gasteiger charge is 2.08. The van der Waals surface area contributed by atoms with Crippen molar-refractivity contribution < 1.29 is 0 Å².